The van der Waals surface area contributed by atoms with Gasteiger partial charge >= 0.3 is 0 Å². The molecular formula is C11H9ClFNO. The van der Waals surface area contributed by atoms with Crippen molar-refractivity contribution in [3.63, 3.8) is 0 Å². The minimum Gasteiger partial charge on any atom is -0.472 e. The number of hydrogen-bond acceptors (Lipinski definition) is 2. The molecule has 0 aliphatic carbocycles. The second-order valence-corrected chi connectivity index (χ2v) is 3.62. The van der Waals surface area contributed by atoms with Gasteiger partial charge in [0.15, 0.2) is 0 Å². The molecule has 1 unspecified atom stereocenters. The third-order valence-electron chi connectivity index (χ3n) is 2.21. The van der Waals surface area contributed by atoms with E-state index in [-0.39, 0.29) is 5.02 Å². The van der Waals surface area contributed by atoms with Crippen molar-refractivity contribution in [2.45, 2.75) is 6.04 Å². The molecule has 2 N–H and O–H groups in total. The Hall–Kier alpha value is -1.32. The number of furan rings is 1. The number of benzene rings is 1. The van der Waals surface area contributed by atoms with Crippen LogP contribution in [0.3, 0.4) is 0 Å². The van der Waals surface area contributed by atoms with Gasteiger partial charge in [0.05, 0.1) is 23.6 Å². The van der Waals surface area contributed by atoms with Crippen molar-refractivity contribution in [3.8, 4) is 0 Å². The molecule has 0 bridgehead atoms. The number of nitrogens with two attached hydrogens (primary N) is 1. The van der Waals surface area contributed by atoms with Gasteiger partial charge in [0, 0.05) is 5.56 Å². The van der Waals surface area contributed by atoms with E-state index in [2.05, 4.69) is 0 Å². The summed E-state index contributed by atoms with van der Waals surface area (Å²) >= 11 is 5.58. The van der Waals surface area contributed by atoms with Crippen LogP contribution in [-0.2, 0) is 0 Å². The van der Waals surface area contributed by atoms with Crippen molar-refractivity contribution in [2.24, 2.45) is 5.73 Å². The van der Waals surface area contributed by atoms with Crippen LogP contribution in [0.15, 0.2) is 41.2 Å². The average molecular weight is 226 g/mol. The second kappa shape index (κ2) is 4.04. The first kappa shape index (κ1) is 10.2. The van der Waals surface area contributed by atoms with Crippen LogP contribution < -0.4 is 5.73 Å². The number of rotatable bonds is 2. The maximum Gasteiger partial charge on any atom is 0.142 e. The molecule has 1 aromatic heterocycles. The lowest BCUT2D eigenvalue weighted by atomic mass is 10.0. The van der Waals surface area contributed by atoms with Crippen molar-refractivity contribution in [2.75, 3.05) is 0 Å². The second-order valence-electron chi connectivity index (χ2n) is 3.21. The molecule has 0 aliphatic rings. The average Bonchev–Trinajstić information content (AvgIpc) is 2.74. The van der Waals surface area contributed by atoms with Crippen molar-refractivity contribution in [3.05, 3.63) is 58.8 Å². The van der Waals surface area contributed by atoms with E-state index in [0.717, 1.165) is 5.56 Å². The molecule has 0 radical (unpaired) electrons. The van der Waals surface area contributed by atoms with Crippen molar-refractivity contribution < 1.29 is 8.81 Å². The van der Waals surface area contributed by atoms with Gasteiger partial charge < -0.3 is 10.2 Å². The Kier molecular flexibility index (Phi) is 2.75. The van der Waals surface area contributed by atoms with E-state index in [4.69, 9.17) is 21.8 Å². The first-order valence-corrected chi connectivity index (χ1v) is 4.79. The zero-order valence-electron chi connectivity index (χ0n) is 7.78. The van der Waals surface area contributed by atoms with Crippen molar-refractivity contribution >= 4 is 11.6 Å². The zero-order chi connectivity index (χ0) is 10.8. The number of hydrogen-bond donors (Lipinski definition) is 1. The first-order chi connectivity index (χ1) is 7.18. The lowest BCUT2D eigenvalue weighted by Gasteiger charge is -2.09. The van der Waals surface area contributed by atoms with Crippen LogP contribution in [0.2, 0.25) is 5.02 Å². The van der Waals surface area contributed by atoms with Gasteiger partial charge in [0.25, 0.3) is 0 Å². The molecule has 78 valence electrons. The Morgan fingerprint density at radius 3 is 2.67 bits per heavy atom. The van der Waals surface area contributed by atoms with Crippen molar-refractivity contribution in [1.82, 2.24) is 0 Å². The van der Waals surface area contributed by atoms with E-state index in [0.29, 0.717) is 5.56 Å². The SMILES string of the molecule is NC(c1ccoc1)c1ccc(Cl)c(F)c1. The van der Waals surface area contributed by atoms with E-state index in [1.54, 1.807) is 12.1 Å². The summed E-state index contributed by atoms with van der Waals surface area (Å²) in [4.78, 5) is 0. The molecule has 0 fully saturated rings. The smallest absolute Gasteiger partial charge is 0.142 e. The Morgan fingerprint density at radius 1 is 1.27 bits per heavy atom. The summed E-state index contributed by atoms with van der Waals surface area (Å²) < 4.78 is 18.1. The van der Waals surface area contributed by atoms with E-state index < -0.39 is 11.9 Å². The molecule has 0 spiro atoms. The third-order valence-corrected chi connectivity index (χ3v) is 2.51. The molecule has 2 aromatic rings. The summed E-state index contributed by atoms with van der Waals surface area (Å²) in [5.74, 6) is -0.465. The fourth-order valence-electron chi connectivity index (χ4n) is 1.35. The Balaban J connectivity index is 2.34. The molecule has 0 amide bonds. The van der Waals surface area contributed by atoms with Gasteiger partial charge in [0.2, 0.25) is 0 Å². The van der Waals surface area contributed by atoms with Crippen LogP contribution in [0.1, 0.15) is 17.2 Å². The van der Waals surface area contributed by atoms with Gasteiger partial charge in [-0.25, -0.2) is 4.39 Å². The summed E-state index contributed by atoms with van der Waals surface area (Å²) in [6, 6.07) is 5.88. The van der Waals surface area contributed by atoms with E-state index in [1.165, 1.54) is 24.7 Å². The summed E-state index contributed by atoms with van der Waals surface area (Å²) in [5, 5.41) is 0.0955. The van der Waals surface area contributed by atoms with Gasteiger partial charge in [0.1, 0.15) is 5.82 Å². The van der Waals surface area contributed by atoms with Gasteiger partial charge in [-0.2, -0.15) is 0 Å². The van der Waals surface area contributed by atoms with Crippen LogP contribution in [0.5, 0.6) is 0 Å². The molecule has 0 aliphatic heterocycles. The Morgan fingerprint density at radius 2 is 2.07 bits per heavy atom. The van der Waals surface area contributed by atoms with Crippen LogP contribution in [0, 0.1) is 5.82 Å². The molecule has 2 rings (SSSR count). The molecular weight excluding hydrogens is 217 g/mol. The van der Waals surface area contributed by atoms with Crippen molar-refractivity contribution in [1.29, 1.82) is 0 Å². The van der Waals surface area contributed by atoms with Gasteiger partial charge in [-0.05, 0) is 23.8 Å². The minimum absolute atomic E-state index is 0.0955. The van der Waals surface area contributed by atoms with Crippen LogP contribution in [0.25, 0.3) is 0 Å². The van der Waals surface area contributed by atoms with Gasteiger partial charge in [-0.15, -0.1) is 0 Å². The summed E-state index contributed by atoms with van der Waals surface area (Å²) in [6.07, 6.45) is 3.07. The minimum atomic E-state index is -0.465. The highest BCUT2D eigenvalue weighted by Gasteiger charge is 2.11. The molecule has 4 heteroatoms. The van der Waals surface area contributed by atoms with E-state index >= 15 is 0 Å². The lowest BCUT2D eigenvalue weighted by molar-refractivity contribution is 0.561. The number of halogens is 2. The van der Waals surface area contributed by atoms with E-state index in [9.17, 15) is 4.39 Å². The highest BCUT2D eigenvalue weighted by molar-refractivity contribution is 6.30. The Bertz CT molecular complexity index is 456. The quantitative estimate of drug-likeness (QED) is 0.853. The summed E-state index contributed by atoms with van der Waals surface area (Å²) in [6.45, 7) is 0. The monoisotopic (exact) mass is 225 g/mol. The van der Waals surface area contributed by atoms with E-state index in [1.807, 2.05) is 0 Å². The predicted octanol–water partition coefficient (Wildman–Crippen LogP) is 3.12. The molecule has 0 saturated heterocycles. The molecule has 15 heavy (non-hydrogen) atoms. The van der Waals surface area contributed by atoms with Gasteiger partial charge in [-0.1, -0.05) is 17.7 Å². The topological polar surface area (TPSA) is 39.2 Å². The molecule has 1 heterocycles. The highest BCUT2D eigenvalue weighted by Crippen LogP contribution is 2.23. The zero-order valence-corrected chi connectivity index (χ0v) is 8.54. The van der Waals surface area contributed by atoms with Crippen LogP contribution >= 0.6 is 11.6 Å². The summed E-state index contributed by atoms with van der Waals surface area (Å²) in [7, 11) is 0. The third kappa shape index (κ3) is 2.03. The lowest BCUT2D eigenvalue weighted by Crippen LogP contribution is -2.11. The first-order valence-electron chi connectivity index (χ1n) is 4.41. The molecule has 1 aromatic carbocycles. The fourth-order valence-corrected chi connectivity index (χ4v) is 1.47. The van der Waals surface area contributed by atoms with Crippen LogP contribution in [-0.4, -0.2) is 0 Å². The molecule has 1 atom stereocenters. The van der Waals surface area contributed by atoms with Crippen LogP contribution in [0.4, 0.5) is 4.39 Å². The molecule has 2 nitrogen and oxygen atoms in total. The fraction of sp³-hybridized carbons (Fsp3) is 0.0909. The van der Waals surface area contributed by atoms with Gasteiger partial charge in [-0.3, -0.25) is 0 Å². The predicted molar refractivity (Wildman–Crippen MR) is 56.1 cm³/mol. The standard InChI is InChI=1S/C11H9ClFNO/c12-9-2-1-7(5-10(9)13)11(14)8-3-4-15-6-8/h1-6,11H,14H2. The maximum atomic E-state index is 13.2. The molecule has 0 saturated carbocycles. The highest BCUT2D eigenvalue weighted by atomic mass is 35.5. The summed E-state index contributed by atoms with van der Waals surface area (Å²) in [5.41, 5.74) is 7.38. The maximum absolute atomic E-state index is 13.2. The normalized spacial score (nSPS) is 12.7. The largest absolute Gasteiger partial charge is 0.472 e. The Labute approximate surface area is 91.5 Å².